The number of aliphatic hydroxyl groups is 4. The quantitative estimate of drug-likeness (QED) is 0.366. The molecule has 168 valence electrons. The molecule has 0 spiro atoms. The zero-order valence-electron chi connectivity index (χ0n) is 16.6. The molecule has 4 rings (SSSR count). The van der Waals surface area contributed by atoms with Crippen molar-refractivity contribution >= 4 is 23.7 Å². The smallest absolute Gasteiger partial charge is 0.258 e. The molecule has 0 aromatic heterocycles. The van der Waals surface area contributed by atoms with Crippen molar-refractivity contribution in [3.8, 4) is 5.75 Å². The maximum Gasteiger partial charge on any atom is 0.258 e. The molecule has 3 heterocycles. The second-order valence-corrected chi connectivity index (χ2v) is 7.78. The number of fused-ring (bicyclic) bond motifs is 2. The summed E-state index contributed by atoms with van der Waals surface area (Å²) < 4.78 is 10.5. The predicted octanol–water partition coefficient (Wildman–Crippen LogP) is -1.70. The van der Waals surface area contributed by atoms with Crippen molar-refractivity contribution in [2.75, 3.05) is 19.8 Å². The first-order valence-corrected chi connectivity index (χ1v) is 10.1. The number of aliphatic imine (C=N–C) groups is 1. The Morgan fingerprint density at radius 1 is 1.29 bits per heavy atom. The van der Waals surface area contributed by atoms with Gasteiger partial charge in [-0.1, -0.05) is 0 Å². The Bertz CT molecular complexity index is 878. The number of nitrogens with one attached hydrogen (secondary N) is 1. The number of carbonyl (C=O) groups is 2. The number of aliphatic hydroxyl groups excluding tert-OH is 4. The van der Waals surface area contributed by atoms with E-state index >= 15 is 0 Å². The molecule has 11 heteroatoms. The lowest BCUT2D eigenvalue weighted by molar-refractivity contribution is -0.253. The highest BCUT2D eigenvalue weighted by Crippen LogP contribution is 2.31. The van der Waals surface area contributed by atoms with E-state index in [0.717, 1.165) is 12.8 Å². The Balaban J connectivity index is 1.38. The first-order chi connectivity index (χ1) is 14.9. The van der Waals surface area contributed by atoms with E-state index < -0.39 is 49.8 Å². The predicted molar refractivity (Wildman–Crippen MR) is 106 cm³/mol. The van der Waals surface area contributed by atoms with Crippen LogP contribution in [-0.4, -0.2) is 99.8 Å². The molecular formula is C20H25N3O8. The second-order valence-electron chi connectivity index (χ2n) is 7.78. The van der Waals surface area contributed by atoms with E-state index in [0.29, 0.717) is 17.8 Å². The Kier molecular flexibility index (Phi) is 6.21. The summed E-state index contributed by atoms with van der Waals surface area (Å²) in [6.07, 6.45) is -2.22. The van der Waals surface area contributed by atoms with Crippen LogP contribution >= 0.6 is 0 Å². The molecule has 5 N–H and O–H groups in total. The number of benzene rings is 1. The van der Waals surface area contributed by atoms with Gasteiger partial charge in [-0.25, -0.2) is 0 Å². The van der Waals surface area contributed by atoms with Crippen molar-refractivity contribution in [1.29, 1.82) is 0 Å². The number of carbonyl (C=O) groups excluding carboxylic acids is 2. The number of nitrogens with zero attached hydrogens (tertiary/aromatic N) is 2. The van der Waals surface area contributed by atoms with Gasteiger partial charge in [0.1, 0.15) is 30.1 Å². The fourth-order valence-corrected chi connectivity index (χ4v) is 4.04. The molecule has 1 unspecified atom stereocenters. The van der Waals surface area contributed by atoms with Gasteiger partial charge in [0.25, 0.3) is 11.8 Å². The normalized spacial score (nSPS) is 32.3. The fraction of sp³-hybridized carbons (Fsp3) is 0.550. The average Bonchev–Trinajstić information content (AvgIpc) is 3.20. The van der Waals surface area contributed by atoms with Gasteiger partial charge < -0.3 is 40.1 Å². The number of ether oxygens (including phenoxy) is 2. The van der Waals surface area contributed by atoms with E-state index in [1.54, 1.807) is 23.2 Å². The number of amides is 2. The molecule has 2 fully saturated rings. The van der Waals surface area contributed by atoms with Gasteiger partial charge in [-0.2, -0.15) is 0 Å². The molecular weight excluding hydrogens is 410 g/mol. The van der Waals surface area contributed by atoms with Crippen LogP contribution in [-0.2, 0) is 9.53 Å². The van der Waals surface area contributed by atoms with Crippen LogP contribution in [0, 0.1) is 0 Å². The summed E-state index contributed by atoms with van der Waals surface area (Å²) in [6, 6.07) is 3.46. The maximum atomic E-state index is 12.8. The van der Waals surface area contributed by atoms with Crippen LogP contribution in [0.4, 0.5) is 5.69 Å². The summed E-state index contributed by atoms with van der Waals surface area (Å²) in [5.74, 6) is -0.528. The maximum absolute atomic E-state index is 12.8. The van der Waals surface area contributed by atoms with Crippen molar-refractivity contribution < 1.29 is 39.5 Å². The third kappa shape index (κ3) is 4.27. The second kappa shape index (κ2) is 8.89. The monoisotopic (exact) mass is 435 g/mol. The minimum absolute atomic E-state index is 0.00797. The molecule has 0 bridgehead atoms. The highest BCUT2D eigenvalue weighted by Gasteiger charge is 2.44. The number of hydrogen-bond acceptors (Lipinski definition) is 9. The van der Waals surface area contributed by atoms with Gasteiger partial charge in [0, 0.05) is 12.8 Å². The third-order valence-corrected chi connectivity index (χ3v) is 5.74. The Hall–Kier alpha value is -2.57. The lowest BCUT2D eigenvalue weighted by atomic mass is 9.97. The highest BCUT2D eigenvalue weighted by molar-refractivity contribution is 6.03. The zero-order valence-corrected chi connectivity index (χ0v) is 16.6. The largest absolute Gasteiger partial charge is 0.484 e. The molecule has 2 amide bonds. The van der Waals surface area contributed by atoms with Gasteiger partial charge in [-0.05, 0) is 31.0 Å². The SMILES string of the molecule is O=C(COc1ccc2c(c1)C(=O)N1CCC[C@H]1C=N2)N[C@H]1C(O)O[C@H](CO)[C@@H](O)[C@@H]1O. The van der Waals surface area contributed by atoms with E-state index in [1.165, 1.54) is 6.07 Å². The number of rotatable bonds is 5. The van der Waals surface area contributed by atoms with E-state index in [-0.39, 0.29) is 17.7 Å². The van der Waals surface area contributed by atoms with Crippen LogP contribution in [0.1, 0.15) is 23.2 Å². The molecule has 0 saturated carbocycles. The molecule has 0 aliphatic carbocycles. The van der Waals surface area contributed by atoms with E-state index in [1.807, 2.05) is 0 Å². The van der Waals surface area contributed by atoms with Crippen molar-refractivity contribution in [3.05, 3.63) is 23.8 Å². The molecule has 11 nitrogen and oxygen atoms in total. The lowest BCUT2D eigenvalue weighted by Gasteiger charge is -2.40. The van der Waals surface area contributed by atoms with Gasteiger partial charge >= 0.3 is 0 Å². The van der Waals surface area contributed by atoms with Crippen LogP contribution in [0.2, 0.25) is 0 Å². The summed E-state index contributed by atoms with van der Waals surface area (Å²) in [5, 5.41) is 41.4. The topological polar surface area (TPSA) is 161 Å². The van der Waals surface area contributed by atoms with Gasteiger partial charge in [0.05, 0.1) is 23.9 Å². The van der Waals surface area contributed by atoms with Crippen LogP contribution in [0.25, 0.3) is 0 Å². The van der Waals surface area contributed by atoms with Crippen molar-refractivity contribution in [2.45, 2.75) is 49.5 Å². The Morgan fingerprint density at radius 2 is 2.10 bits per heavy atom. The molecule has 1 aromatic rings. The molecule has 3 aliphatic heterocycles. The van der Waals surface area contributed by atoms with E-state index in [4.69, 9.17) is 14.6 Å². The summed E-state index contributed by atoms with van der Waals surface area (Å²) >= 11 is 0. The van der Waals surface area contributed by atoms with Crippen LogP contribution in [0.15, 0.2) is 23.2 Å². The standard InChI is InChI=1S/C20H25N3O8/c24-8-14-17(26)18(27)16(20(29)31-14)22-15(25)9-30-11-3-4-13-12(6-11)19(28)23-5-1-2-10(23)7-21-13/h3-4,6-7,10,14,16-18,20,24,26-27,29H,1-2,5,8-9H2,(H,22,25)/t10-,14+,16+,17+,18+,20?/m0/s1. The van der Waals surface area contributed by atoms with Gasteiger partial charge in [0.2, 0.25) is 0 Å². The van der Waals surface area contributed by atoms with Crippen LogP contribution < -0.4 is 10.1 Å². The molecule has 2 saturated heterocycles. The molecule has 1 aromatic carbocycles. The molecule has 3 aliphatic rings. The first kappa shape index (κ1) is 21.7. The summed E-state index contributed by atoms with van der Waals surface area (Å²) in [4.78, 5) is 31.2. The van der Waals surface area contributed by atoms with E-state index in [2.05, 4.69) is 10.3 Å². The minimum Gasteiger partial charge on any atom is -0.484 e. The Labute approximate surface area is 177 Å². The van der Waals surface area contributed by atoms with Crippen LogP contribution in [0.5, 0.6) is 5.75 Å². The summed E-state index contributed by atoms with van der Waals surface area (Å²) in [6.45, 7) is -0.393. The third-order valence-electron chi connectivity index (χ3n) is 5.74. The molecule has 31 heavy (non-hydrogen) atoms. The number of hydrogen-bond donors (Lipinski definition) is 5. The van der Waals surface area contributed by atoms with Crippen molar-refractivity contribution in [1.82, 2.24) is 10.2 Å². The fourth-order valence-electron chi connectivity index (χ4n) is 4.04. The lowest BCUT2D eigenvalue weighted by Crippen LogP contribution is -2.64. The van der Waals surface area contributed by atoms with E-state index in [9.17, 15) is 24.9 Å². The van der Waals surface area contributed by atoms with Crippen LogP contribution in [0.3, 0.4) is 0 Å². The first-order valence-electron chi connectivity index (χ1n) is 10.1. The Morgan fingerprint density at radius 3 is 2.87 bits per heavy atom. The van der Waals surface area contributed by atoms with Gasteiger partial charge in [-0.15, -0.1) is 0 Å². The van der Waals surface area contributed by atoms with Crippen molar-refractivity contribution in [2.24, 2.45) is 4.99 Å². The summed E-state index contributed by atoms with van der Waals surface area (Å²) in [5.41, 5.74) is 0.928. The summed E-state index contributed by atoms with van der Waals surface area (Å²) in [7, 11) is 0. The molecule has 0 radical (unpaired) electrons. The highest BCUT2D eigenvalue weighted by atomic mass is 16.6. The van der Waals surface area contributed by atoms with Crippen molar-refractivity contribution in [3.63, 3.8) is 0 Å². The minimum atomic E-state index is -1.61. The molecule has 6 atom stereocenters. The average molecular weight is 435 g/mol. The van der Waals surface area contributed by atoms with Gasteiger partial charge in [-0.3, -0.25) is 14.6 Å². The zero-order chi connectivity index (χ0) is 22.1. The van der Waals surface area contributed by atoms with Gasteiger partial charge in [0.15, 0.2) is 12.9 Å².